The fourth-order valence-electron chi connectivity index (χ4n) is 3.10. The van der Waals surface area contributed by atoms with E-state index in [1.807, 2.05) is 30.3 Å². The van der Waals surface area contributed by atoms with Crippen LogP contribution in [0.1, 0.15) is 11.1 Å². The van der Waals surface area contributed by atoms with Crippen LogP contribution in [0, 0.1) is 5.82 Å². The van der Waals surface area contributed by atoms with Crippen LogP contribution in [0.5, 0.6) is 11.5 Å². The van der Waals surface area contributed by atoms with Gasteiger partial charge in [0.25, 0.3) is 11.1 Å². The number of halogens is 2. The molecule has 8 heteroatoms. The number of hydrogen-bond acceptors (Lipinski definition) is 5. The summed E-state index contributed by atoms with van der Waals surface area (Å²) in [6.45, 7) is 0.787. The first kappa shape index (κ1) is 22.9. The van der Waals surface area contributed by atoms with E-state index in [-0.39, 0.29) is 11.6 Å². The van der Waals surface area contributed by atoms with E-state index in [0.717, 1.165) is 34.0 Å². The van der Waals surface area contributed by atoms with Gasteiger partial charge in [-0.15, -0.1) is 0 Å². The third-order valence-corrected chi connectivity index (χ3v) is 6.02. The Hall–Kier alpha value is -3.29. The normalized spacial score (nSPS) is 14.7. The molecular weight excluding hydrogens is 465 g/mol. The lowest BCUT2D eigenvalue weighted by Crippen LogP contribution is -2.27. The number of carbonyl (C=O) groups is 2. The Labute approximate surface area is 199 Å². The summed E-state index contributed by atoms with van der Waals surface area (Å²) in [7, 11) is 0. The summed E-state index contributed by atoms with van der Waals surface area (Å²) in [4.78, 5) is 26.5. The van der Waals surface area contributed by atoms with Crippen molar-refractivity contribution in [3.8, 4) is 11.5 Å². The van der Waals surface area contributed by atoms with E-state index in [2.05, 4.69) is 0 Å². The number of carbonyl (C=O) groups excluding carboxylic acids is 2. The molecule has 0 saturated carbocycles. The average Bonchev–Trinajstić information content (AvgIpc) is 3.07. The van der Waals surface area contributed by atoms with Crippen LogP contribution in [0.3, 0.4) is 0 Å². The molecule has 0 radical (unpaired) electrons. The van der Waals surface area contributed by atoms with Crippen LogP contribution in [0.25, 0.3) is 6.08 Å². The highest BCUT2D eigenvalue weighted by molar-refractivity contribution is 8.18. The lowest BCUT2D eigenvalue weighted by Gasteiger charge is -2.13. The minimum atomic E-state index is -0.478. The van der Waals surface area contributed by atoms with Crippen LogP contribution in [-0.2, 0) is 11.3 Å². The predicted molar refractivity (Wildman–Crippen MR) is 127 cm³/mol. The first-order valence-electron chi connectivity index (χ1n) is 10.1. The van der Waals surface area contributed by atoms with Crippen LogP contribution < -0.4 is 9.47 Å². The Morgan fingerprint density at radius 1 is 0.909 bits per heavy atom. The first-order chi connectivity index (χ1) is 16.0. The topological polar surface area (TPSA) is 55.8 Å². The zero-order valence-electron chi connectivity index (χ0n) is 17.4. The van der Waals surface area contributed by atoms with Crippen molar-refractivity contribution in [2.45, 2.75) is 6.54 Å². The molecule has 3 aromatic carbocycles. The fraction of sp³-hybridized carbons (Fsp3) is 0.120. The first-order valence-corrected chi connectivity index (χ1v) is 11.3. The average molecular weight is 484 g/mol. The minimum Gasteiger partial charge on any atom is -0.490 e. The number of ether oxygens (including phenoxy) is 2. The van der Waals surface area contributed by atoms with Gasteiger partial charge in [-0.1, -0.05) is 48.0 Å². The molecule has 0 N–H and O–H groups in total. The highest BCUT2D eigenvalue weighted by atomic mass is 35.5. The van der Waals surface area contributed by atoms with Crippen LogP contribution in [0.15, 0.2) is 77.7 Å². The molecule has 33 heavy (non-hydrogen) atoms. The molecule has 0 atom stereocenters. The van der Waals surface area contributed by atoms with Crippen molar-refractivity contribution < 1.29 is 23.5 Å². The molecule has 1 heterocycles. The monoisotopic (exact) mass is 483 g/mol. The second-order valence-electron chi connectivity index (χ2n) is 7.08. The van der Waals surface area contributed by atoms with Gasteiger partial charge < -0.3 is 9.47 Å². The number of nitrogens with zero attached hydrogens (tertiary/aromatic N) is 1. The van der Waals surface area contributed by atoms with Gasteiger partial charge in [0.1, 0.15) is 30.5 Å². The zero-order valence-corrected chi connectivity index (χ0v) is 18.9. The van der Waals surface area contributed by atoms with Gasteiger partial charge >= 0.3 is 0 Å². The van der Waals surface area contributed by atoms with Gasteiger partial charge in [-0.2, -0.15) is 0 Å². The maximum Gasteiger partial charge on any atom is 0.293 e. The van der Waals surface area contributed by atoms with E-state index in [9.17, 15) is 14.0 Å². The number of thioether (sulfide) groups is 1. The molecule has 1 aliphatic heterocycles. The summed E-state index contributed by atoms with van der Waals surface area (Å²) in [5.41, 5.74) is 1.26. The lowest BCUT2D eigenvalue weighted by atomic mass is 10.2. The fourth-order valence-corrected chi connectivity index (χ4v) is 4.17. The van der Waals surface area contributed by atoms with Crippen molar-refractivity contribution in [2.75, 3.05) is 13.2 Å². The maximum atomic E-state index is 13.2. The van der Waals surface area contributed by atoms with Gasteiger partial charge in [0, 0.05) is 5.02 Å². The molecule has 4 rings (SSSR count). The van der Waals surface area contributed by atoms with Crippen molar-refractivity contribution in [1.29, 1.82) is 0 Å². The Bertz CT molecular complexity index is 1180. The third kappa shape index (κ3) is 5.94. The predicted octanol–water partition coefficient (Wildman–Crippen LogP) is 6.17. The SMILES string of the molecule is O=C1S/C(=C/c2ccc(OCCOc3ccccc3)cc2)C(=O)N1Cc1ccc(F)cc1Cl. The van der Waals surface area contributed by atoms with Crippen LogP contribution in [0.2, 0.25) is 5.02 Å². The molecular formula is C25H19ClFNO4S. The molecule has 0 aromatic heterocycles. The second-order valence-corrected chi connectivity index (χ2v) is 8.48. The van der Waals surface area contributed by atoms with E-state index in [1.54, 1.807) is 30.3 Å². The van der Waals surface area contributed by atoms with E-state index in [4.69, 9.17) is 21.1 Å². The summed E-state index contributed by atoms with van der Waals surface area (Å²) < 4.78 is 24.5. The van der Waals surface area contributed by atoms with Gasteiger partial charge in [0.05, 0.1) is 11.4 Å². The largest absolute Gasteiger partial charge is 0.490 e. The number of imide groups is 1. The molecule has 1 aliphatic rings. The van der Waals surface area contributed by atoms with Crippen LogP contribution >= 0.6 is 23.4 Å². The third-order valence-electron chi connectivity index (χ3n) is 4.76. The maximum absolute atomic E-state index is 13.2. The summed E-state index contributed by atoms with van der Waals surface area (Å²) in [5, 5.41) is -0.229. The quantitative estimate of drug-likeness (QED) is 0.283. The molecule has 1 saturated heterocycles. The van der Waals surface area contributed by atoms with Crippen molar-refractivity contribution in [2.24, 2.45) is 0 Å². The molecule has 1 fully saturated rings. The molecule has 5 nitrogen and oxygen atoms in total. The number of amides is 2. The molecule has 0 aliphatic carbocycles. The molecule has 168 valence electrons. The molecule has 0 bridgehead atoms. The van der Waals surface area contributed by atoms with Crippen molar-refractivity contribution >= 4 is 40.6 Å². The van der Waals surface area contributed by atoms with Gasteiger partial charge in [-0.05, 0) is 65.4 Å². The molecule has 2 amide bonds. The number of hydrogen-bond donors (Lipinski definition) is 0. The van der Waals surface area contributed by atoms with Crippen molar-refractivity contribution in [3.63, 3.8) is 0 Å². The van der Waals surface area contributed by atoms with E-state index in [0.29, 0.717) is 29.4 Å². The molecule has 0 spiro atoms. The number of para-hydroxylation sites is 1. The molecule has 0 unspecified atom stereocenters. The highest BCUT2D eigenvalue weighted by Crippen LogP contribution is 2.34. The Morgan fingerprint density at radius 2 is 1.58 bits per heavy atom. The Morgan fingerprint density at radius 3 is 2.24 bits per heavy atom. The Balaban J connectivity index is 1.33. The van der Waals surface area contributed by atoms with Gasteiger partial charge in [0.2, 0.25) is 0 Å². The highest BCUT2D eigenvalue weighted by Gasteiger charge is 2.35. The van der Waals surface area contributed by atoms with Crippen molar-refractivity contribution in [1.82, 2.24) is 4.90 Å². The molecule has 3 aromatic rings. The summed E-state index contributed by atoms with van der Waals surface area (Å²) in [5.74, 6) is 0.563. The van der Waals surface area contributed by atoms with Gasteiger partial charge in [-0.25, -0.2) is 4.39 Å². The smallest absolute Gasteiger partial charge is 0.293 e. The number of benzene rings is 3. The van der Waals surface area contributed by atoms with Gasteiger partial charge in [0.15, 0.2) is 0 Å². The van der Waals surface area contributed by atoms with Crippen LogP contribution in [-0.4, -0.2) is 29.3 Å². The summed E-state index contributed by atoms with van der Waals surface area (Å²) in [6, 6.07) is 20.5. The van der Waals surface area contributed by atoms with Crippen molar-refractivity contribution in [3.05, 3.63) is 99.7 Å². The lowest BCUT2D eigenvalue weighted by molar-refractivity contribution is -0.123. The van der Waals surface area contributed by atoms with Crippen LogP contribution in [0.4, 0.5) is 9.18 Å². The standard InChI is InChI=1S/C25H19ClFNO4S/c26-22-15-19(27)9-8-18(22)16-28-24(29)23(33-25(28)30)14-17-6-10-21(11-7-17)32-13-12-31-20-4-2-1-3-5-20/h1-11,14-15H,12-13,16H2/b23-14+. The Kier molecular flexibility index (Phi) is 7.32. The van der Waals surface area contributed by atoms with E-state index < -0.39 is 17.0 Å². The van der Waals surface area contributed by atoms with E-state index in [1.165, 1.54) is 12.1 Å². The summed E-state index contributed by atoms with van der Waals surface area (Å²) >= 11 is 6.89. The second kappa shape index (κ2) is 10.6. The van der Waals surface area contributed by atoms with E-state index >= 15 is 0 Å². The zero-order chi connectivity index (χ0) is 23.2. The summed E-state index contributed by atoms with van der Waals surface area (Å²) in [6.07, 6.45) is 1.65. The minimum absolute atomic E-state index is 0.0149. The number of rotatable bonds is 8. The van der Waals surface area contributed by atoms with Gasteiger partial charge in [-0.3, -0.25) is 14.5 Å².